The first-order valence-electron chi connectivity index (χ1n) is 8.28. The Labute approximate surface area is 140 Å². The minimum Gasteiger partial charge on any atom is -0.504 e. The molecule has 24 heavy (non-hydrogen) atoms. The molecule has 5 heteroatoms. The molecular weight excluding hydrogens is 306 g/mol. The summed E-state index contributed by atoms with van der Waals surface area (Å²) in [6, 6.07) is 4.22. The molecule has 1 heterocycles. The normalized spacial score (nSPS) is 40.8. The summed E-state index contributed by atoms with van der Waals surface area (Å²) >= 11 is 0. The third-order valence-electron chi connectivity index (χ3n) is 6.57. The van der Waals surface area contributed by atoms with Gasteiger partial charge in [0.25, 0.3) is 0 Å². The van der Waals surface area contributed by atoms with Crippen molar-refractivity contribution in [3.63, 3.8) is 0 Å². The summed E-state index contributed by atoms with van der Waals surface area (Å²) in [5.41, 5.74) is 2.94. The van der Waals surface area contributed by atoms with E-state index in [1.165, 1.54) is 5.57 Å². The number of likely N-dealkylation sites (N-methyl/N-ethyl adjacent to an activating group) is 1. The van der Waals surface area contributed by atoms with Crippen LogP contribution in [0.3, 0.4) is 0 Å². The average molecular weight is 327 g/mol. The molecule has 0 amide bonds. The van der Waals surface area contributed by atoms with E-state index in [0.29, 0.717) is 17.6 Å². The van der Waals surface area contributed by atoms with E-state index in [2.05, 4.69) is 18.0 Å². The van der Waals surface area contributed by atoms with Gasteiger partial charge in [0.1, 0.15) is 11.9 Å². The maximum Gasteiger partial charge on any atom is 0.162 e. The molecule has 1 saturated heterocycles. The van der Waals surface area contributed by atoms with Crippen molar-refractivity contribution in [2.75, 3.05) is 21.3 Å². The minimum absolute atomic E-state index is 0.0965. The number of hydrogen-bond acceptors (Lipinski definition) is 5. The zero-order valence-electron chi connectivity index (χ0n) is 14.0. The molecule has 126 valence electrons. The number of piperidine rings is 1. The number of fused-ring (bicyclic) bond motifs is 2. The molecule has 2 unspecified atom stereocenters. The number of aromatic hydroxyl groups is 1. The van der Waals surface area contributed by atoms with Gasteiger partial charge in [0, 0.05) is 16.5 Å². The summed E-state index contributed by atoms with van der Waals surface area (Å²) in [6.07, 6.45) is 5.03. The lowest BCUT2D eigenvalue weighted by atomic mass is 9.65. The number of rotatable bonds is 2. The van der Waals surface area contributed by atoms with Crippen LogP contribution in [0.2, 0.25) is 0 Å². The Morgan fingerprint density at radius 3 is 2.75 bits per heavy atom. The molecular formula is C19H21NO4. The SMILES string of the molecule is COC1=C[C@]23CC4(Cc5ccc(OC)c(O)c52)[C@@H](C3=C[C@@H]1O)N4C. The molecule has 2 spiro atoms. The molecule has 1 aliphatic heterocycles. The van der Waals surface area contributed by atoms with Gasteiger partial charge in [-0.25, -0.2) is 0 Å². The highest BCUT2D eigenvalue weighted by molar-refractivity contribution is 5.69. The summed E-state index contributed by atoms with van der Waals surface area (Å²) in [5.74, 6) is 1.25. The molecule has 2 N–H and O–H groups in total. The minimum atomic E-state index is -0.725. The number of hydrogen-bond donors (Lipinski definition) is 2. The average Bonchev–Trinajstić information content (AvgIpc) is 3.00. The molecule has 1 saturated carbocycles. The van der Waals surface area contributed by atoms with Crippen molar-refractivity contribution in [1.82, 2.24) is 4.90 Å². The van der Waals surface area contributed by atoms with E-state index in [1.807, 2.05) is 18.2 Å². The lowest BCUT2D eigenvalue weighted by molar-refractivity contribution is 0.150. The second-order valence-corrected chi connectivity index (χ2v) is 7.41. The van der Waals surface area contributed by atoms with Crippen LogP contribution in [-0.4, -0.2) is 54.1 Å². The van der Waals surface area contributed by atoms with Crippen LogP contribution in [0, 0.1) is 0 Å². The zero-order chi connectivity index (χ0) is 16.9. The third-order valence-corrected chi connectivity index (χ3v) is 6.57. The van der Waals surface area contributed by atoms with E-state index >= 15 is 0 Å². The number of aliphatic hydroxyl groups is 1. The highest BCUT2D eigenvalue weighted by atomic mass is 16.5. The van der Waals surface area contributed by atoms with Gasteiger partial charge in [0.05, 0.1) is 20.3 Å². The number of ether oxygens (including phenoxy) is 2. The van der Waals surface area contributed by atoms with E-state index in [0.717, 1.165) is 24.0 Å². The number of nitrogens with zero attached hydrogens (tertiary/aromatic N) is 1. The number of phenols is 1. The number of benzene rings is 1. The van der Waals surface area contributed by atoms with Gasteiger partial charge in [0.2, 0.25) is 0 Å². The first kappa shape index (κ1) is 14.4. The summed E-state index contributed by atoms with van der Waals surface area (Å²) in [5, 5.41) is 21.3. The number of phenolic OH excluding ortho intramolecular Hbond substituents is 1. The van der Waals surface area contributed by atoms with Crippen molar-refractivity contribution in [2.24, 2.45) is 0 Å². The van der Waals surface area contributed by atoms with Crippen LogP contribution in [0.15, 0.2) is 35.6 Å². The Hall–Kier alpha value is -1.98. The van der Waals surface area contributed by atoms with Crippen LogP contribution in [-0.2, 0) is 16.6 Å². The standard InChI is InChI=1S/C19H21NO4/c1-20-17-11-6-12(21)14(24-3)8-18(11)9-19(17,20)7-10-4-5-13(23-2)16(22)15(10)18/h4-6,8,12,17,21-22H,7,9H2,1-3H3/t12-,17+,18+,19?,20?/m0/s1. The topological polar surface area (TPSA) is 61.9 Å². The van der Waals surface area contributed by atoms with Gasteiger partial charge in [-0.3, -0.25) is 4.90 Å². The monoisotopic (exact) mass is 327 g/mol. The van der Waals surface area contributed by atoms with Gasteiger partial charge in [-0.1, -0.05) is 6.07 Å². The van der Waals surface area contributed by atoms with Crippen LogP contribution in [0.5, 0.6) is 11.5 Å². The highest BCUT2D eigenvalue weighted by Gasteiger charge is 2.75. The third kappa shape index (κ3) is 1.36. The van der Waals surface area contributed by atoms with Crippen LogP contribution in [0.25, 0.3) is 0 Å². The van der Waals surface area contributed by atoms with E-state index in [9.17, 15) is 10.2 Å². The lowest BCUT2D eigenvalue weighted by Crippen LogP contribution is -2.40. The quantitative estimate of drug-likeness (QED) is 0.636. The lowest BCUT2D eigenvalue weighted by Gasteiger charge is -2.42. The summed E-state index contributed by atoms with van der Waals surface area (Å²) in [6.45, 7) is 0. The van der Waals surface area contributed by atoms with Crippen molar-refractivity contribution in [3.8, 4) is 11.5 Å². The molecule has 5 atom stereocenters. The molecule has 5 rings (SSSR count). The van der Waals surface area contributed by atoms with Crippen LogP contribution < -0.4 is 4.74 Å². The van der Waals surface area contributed by atoms with Crippen LogP contribution in [0.4, 0.5) is 0 Å². The highest BCUT2D eigenvalue weighted by Crippen LogP contribution is 2.70. The fourth-order valence-electron chi connectivity index (χ4n) is 5.55. The maximum atomic E-state index is 10.9. The summed E-state index contributed by atoms with van der Waals surface area (Å²) in [4.78, 5) is 2.39. The van der Waals surface area contributed by atoms with Gasteiger partial charge in [0.15, 0.2) is 11.5 Å². The molecule has 2 bridgehead atoms. The van der Waals surface area contributed by atoms with Gasteiger partial charge in [-0.2, -0.15) is 0 Å². The molecule has 4 aliphatic rings. The number of likely N-dealkylation sites (tertiary alicyclic amines) is 1. The Morgan fingerprint density at radius 1 is 1.25 bits per heavy atom. The molecule has 2 fully saturated rings. The van der Waals surface area contributed by atoms with Gasteiger partial charge in [-0.05, 0) is 49.2 Å². The Kier molecular flexibility index (Phi) is 2.49. The van der Waals surface area contributed by atoms with Crippen molar-refractivity contribution in [2.45, 2.75) is 35.9 Å². The number of methoxy groups -OCH3 is 2. The molecule has 1 aromatic carbocycles. The maximum absolute atomic E-state index is 10.9. The van der Waals surface area contributed by atoms with Crippen LogP contribution in [0.1, 0.15) is 17.5 Å². The Balaban J connectivity index is 1.82. The Bertz CT molecular complexity index is 829. The smallest absolute Gasteiger partial charge is 0.162 e. The van der Waals surface area contributed by atoms with Gasteiger partial charge < -0.3 is 19.7 Å². The summed E-state index contributed by atoms with van der Waals surface area (Å²) in [7, 11) is 5.30. The number of allylic oxidation sites excluding steroid dienone is 1. The predicted octanol–water partition coefficient (Wildman–Crippen LogP) is 1.48. The van der Waals surface area contributed by atoms with Crippen LogP contribution >= 0.6 is 0 Å². The fraction of sp³-hybridized carbons (Fsp3) is 0.474. The largest absolute Gasteiger partial charge is 0.504 e. The molecule has 0 radical (unpaired) electrons. The van der Waals surface area contributed by atoms with E-state index in [-0.39, 0.29) is 11.3 Å². The second kappa shape index (κ2) is 4.16. The van der Waals surface area contributed by atoms with E-state index in [4.69, 9.17) is 9.47 Å². The van der Waals surface area contributed by atoms with Crippen molar-refractivity contribution < 1.29 is 19.7 Å². The number of aliphatic hydroxyl groups excluding tert-OH is 1. The molecule has 0 aromatic heterocycles. The van der Waals surface area contributed by atoms with Crippen molar-refractivity contribution in [3.05, 3.63) is 46.7 Å². The van der Waals surface area contributed by atoms with Crippen molar-refractivity contribution in [1.29, 1.82) is 0 Å². The molecule has 1 aromatic rings. The first-order valence-corrected chi connectivity index (χ1v) is 8.28. The first-order chi connectivity index (χ1) is 11.5. The second-order valence-electron chi connectivity index (χ2n) is 7.41. The predicted molar refractivity (Wildman–Crippen MR) is 88.1 cm³/mol. The zero-order valence-corrected chi connectivity index (χ0v) is 14.0. The van der Waals surface area contributed by atoms with Crippen molar-refractivity contribution >= 4 is 0 Å². The molecule has 5 nitrogen and oxygen atoms in total. The van der Waals surface area contributed by atoms with Gasteiger partial charge >= 0.3 is 0 Å². The molecule has 3 aliphatic carbocycles. The van der Waals surface area contributed by atoms with E-state index < -0.39 is 11.5 Å². The summed E-state index contributed by atoms with van der Waals surface area (Å²) < 4.78 is 10.8. The van der Waals surface area contributed by atoms with E-state index in [1.54, 1.807) is 14.2 Å². The van der Waals surface area contributed by atoms with Gasteiger partial charge in [-0.15, -0.1) is 0 Å². The Morgan fingerprint density at radius 2 is 2.04 bits per heavy atom. The fourth-order valence-corrected chi connectivity index (χ4v) is 5.55.